The number of nitrogens with zero attached hydrogens (tertiary/aromatic N) is 1. The molecule has 4 N–H and O–H groups in total. The van der Waals surface area contributed by atoms with E-state index in [4.69, 9.17) is 5.73 Å². The van der Waals surface area contributed by atoms with Gasteiger partial charge in [0.2, 0.25) is 0 Å². The summed E-state index contributed by atoms with van der Waals surface area (Å²) in [6.07, 6.45) is 0.919. The van der Waals surface area contributed by atoms with E-state index in [1.165, 1.54) is 23.3 Å². The quantitative estimate of drug-likeness (QED) is 0.758. The Balaban J connectivity index is 3.26. The summed E-state index contributed by atoms with van der Waals surface area (Å²) < 4.78 is 0. The first kappa shape index (κ1) is 15.3. The third-order valence-electron chi connectivity index (χ3n) is 2.54. The second-order valence-electron chi connectivity index (χ2n) is 4.25. The molecule has 19 heavy (non-hydrogen) atoms. The van der Waals surface area contributed by atoms with Gasteiger partial charge in [-0.2, -0.15) is 0 Å². The van der Waals surface area contributed by atoms with Crippen LogP contribution in [0.2, 0.25) is 0 Å². The first-order valence-electron chi connectivity index (χ1n) is 6.03. The van der Waals surface area contributed by atoms with Gasteiger partial charge in [-0.3, -0.25) is 9.59 Å². The number of carbonyl (C=O) groups is 2. The molecule has 0 unspecified atom stereocenters. The third kappa shape index (κ3) is 3.17. The Morgan fingerprint density at radius 2 is 2.00 bits per heavy atom. The zero-order chi connectivity index (χ0) is 14.6. The summed E-state index contributed by atoms with van der Waals surface area (Å²) in [6.45, 7) is 2.74. The summed E-state index contributed by atoms with van der Waals surface area (Å²) in [5, 5.41) is 6.33. The second-order valence-corrected chi connectivity index (χ2v) is 5.28. The van der Waals surface area contributed by atoms with Crippen molar-refractivity contribution >= 4 is 33.8 Å². The second kappa shape index (κ2) is 6.42. The van der Waals surface area contributed by atoms with Gasteiger partial charge in [-0.15, -0.1) is 11.3 Å². The molecule has 0 aliphatic heterocycles. The Kier molecular flexibility index (Phi) is 5.17. The van der Waals surface area contributed by atoms with Crippen molar-refractivity contribution in [2.24, 2.45) is 0 Å². The van der Waals surface area contributed by atoms with E-state index in [0.29, 0.717) is 15.4 Å². The molecule has 0 spiro atoms. The third-order valence-corrected chi connectivity index (χ3v) is 3.69. The molecule has 106 valence electrons. The largest absolute Gasteiger partial charge is 0.397 e. The van der Waals surface area contributed by atoms with Crippen LogP contribution in [0.1, 0.15) is 33.4 Å². The van der Waals surface area contributed by atoms with E-state index in [2.05, 4.69) is 10.6 Å². The van der Waals surface area contributed by atoms with Gasteiger partial charge in [-0.1, -0.05) is 6.92 Å². The van der Waals surface area contributed by atoms with Crippen LogP contribution in [0.5, 0.6) is 0 Å². The molecule has 0 bridgehead atoms. The first-order valence-corrected chi connectivity index (χ1v) is 6.85. The van der Waals surface area contributed by atoms with Crippen molar-refractivity contribution in [2.45, 2.75) is 13.3 Å². The summed E-state index contributed by atoms with van der Waals surface area (Å²) in [4.78, 5) is 25.7. The topological polar surface area (TPSA) is 87.5 Å². The molecule has 0 aliphatic rings. The molecule has 0 aliphatic carbocycles. The molecule has 1 heterocycles. The van der Waals surface area contributed by atoms with Crippen molar-refractivity contribution in [1.29, 1.82) is 0 Å². The van der Waals surface area contributed by atoms with Gasteiger partial charge >= 0.3 is 0 Å². The number of rotatable bonds is 5. The molecule has 0 aromatic carbocycles. The molecule has 1 aromatic rings. The smallest absolute Gasteiger partial charge is 0.265 e. The Morgan fingerprint density at radius 1 is 1.37 bits per heavy atom. The molecule has 0 fully saturated rings. The molecular weight excluding hydrogens is 264 g/mol. The van der Waals surface area contributed by atoms with Gasteiger partial charge in [0.25, 0.3) is 11.8 Å². The lowest BCUT2D eigenvalue weighted by Crippen LogP contribution is -2.23. The molecular formula is C12H20N4O2S. The number of hydrogen-bond acceptors (Lipinski definition) is 5. The fourth-order valence-corrected chi connectivity index (χ4v) is 2.68. The van der Waals surface area contributed by atoms with Crippen LogP contribution in [-0.4, -0.2) is 44.4 Å². The van der Waals surface area contributed by atoms with Crippen LogP contribution in [-0.2, 0) is 0 Å². The maximum atomic E-state index is 12.0. The first-order chi connectivity index (χ1) is 8.93. The minimum absolute atomic E-state index is 0.197. The molecule has 2 amide bonds. The van der Waals surface area contributed by atoms with Crippen LogP contribution in [0.3, 0.4) is 0 Å². The van der Waals surface area contributed by atoms with E-state index in [0.717, 1.165) is 13.0 Å². The van der Waals surface area contributed by atoms with E-state index in [-0.39, 0.29) is 17.5 Å². The maximum Gasteiger partial charge on any atom is 0.265 e. The van der Waals surface area contributed by atoms with Crippen molar-refractivity contribution in [2.75, 3.05) is 38.7 Å². The molecule has 0 radical (unpaired) electrons. The molecule has 6 nitrogen and oxygen atoms in total. The predicted octanol–water partition coefficient (Wildman–Crippen LogP) is 1.21. The fourth-order valence-electron chi connectivity index (χ4n) is 1.52. The van der Waals surface area contributed by atoms with Crippen LogP contribution >= 0.6 is 11.3 Å². The minimum atomic E-state index is -0.287. The number of nitrogen functional groups attached to an aromatic ring is 1. The zero-order valence-corrected chi connectivity index (χ0v) is 12.5. The zero-order valence-electron chi connectivity index (χ0n) is 11.7. The van der Waals surface area contributed by atoms with Crippen LogP contribution in [0.4, 0.5) is 10.7 Å². The number of anilines is 2. The van der Waals surface area contributed by atoms with Crippen LogP contribution in [0.15, 0.2) is 0 Å². The predicted molar refractivity (Wildman–Crippen MR) is 78.9 cm³/mol. The van der Waals surface area contributed by atoms with Crippen molar-refractivity contribution < 1.29 is 9.59 Å². The van der Waals surface area contributed by atoms with Crippen molar-refractivity contribution in [3.63, 3.8) is 0 Å². The summed E-state index contributed by atoms with van der Waals surface area (Å²) in [6, 6.07) is 0. The average molecular weight is 284 g/mol. The van der Waals surface area contributed by atoms with E-state index >= 15 is 0 Å². The lowest BCUT2D eigenvalue weighted by molar-refractivity contribution is 0.0833. The average Bonchev–Trinajstić information content (AvgIpc) is 2.71. The highest BCUT2D eigenvalue weighted by Crippen LogP contribution is 2.36. The molecule has 0 atom stereocenters. The van der Waals surface area contributed by atoms with E-state index in [1.807, 2.05) is 6.92 Å². The highest BCUT2D eigenvalue weighted by molar-refractivity contribution is 7.19. The van der Waals surface area contributed by atoms with Gasteiger partial charge in [0.15, 0.2) is 0 Å². The number of amides is 2. The summed E-state index contributed by atoms with van der Waals surface area (Å²) in [5.41, 5.74) is 6.54. The normalized spacial score (nSPS) is 10.1. The van der Waals surface area contributed by atoms with Gasteiger partial charge in [0.1, 0.15) is 9.88 Å². The number of nitrogens with two attached hydrogens (primary N) is 1. The summed E-state index contributed by atoms with van der Waals surface area (Å²) in [7, 11) is 4.84. The van der Waals surface area contributed by atoms with Gasteiger partial charge < -0.3 is 21.3 Å². The van der Waals surface area contributed by atoms with Crippen LogP contribution in [0, 0.1) is 0 Å². The number of hydrogen-bond donors (Lipinski definition) is 3. The van der Waals surface area contributed by atoms with Gasteiger partial charge in [-0.25, -0.2) is 0 Å². The summed E-state index contributed by atoms with van der Waals surface area (Å²) >= 11 is 1.22. The number of nitrogens with one attached hydrogen (secondary N) is 2. The van der Waals surface area contributed by atoms with E-state index in [9.17, 15) is 9.59 Å². The molecule has 1 rings (SSSR count). The highest BCUT2D eigenvalue weighted by Gasteiger charge is 2.25. The monoisotopic (exact) mass is 284 g/mol. The van der Waals surface area contributed by atoms with Crippen molar-refractivity contribution in [3.05, 3.63) is 10.4 Å². The Hall–Kier alpha value is -1.76. The fraction of sp³-hybridized carbons (Fsp3) is 0.500. The van der Waals surface area contributed by atoms with E-state index in [1.54, 1.807) is 14.1 Å². The van der Waals surface area contributed by atoms with E-state index < -0.39 is 0 Å². The maximum absolute atomic E-state index is 12.0. The van der Waals surface area contributed by atoms with Gasteiger partial charge in [0.05, 0.1) is 11.3 Å². The number of carbonyl (C=O) groups excluding carboxylic acids is 2. The standard InChI is InChI=1S/C12H20N4O2S/c1-5-6-15-11-7(10(17)14-2)8(13)9(19-11)12(18)16(3)4/h15H,5-6,13H2,1-4H3,(H,14,17). The molecule has 0 saturated carbocycles. The molecule has 7 heteroatoms. The van der Waals surface area contributed by atoms with Crippen molar-refractivity contribution in [1.82, 2.24) is 10.2 Å². The summed E-state index contributed by atoms with van der Waals surface area (Å²) in [5.74, 6) is -0.484. The van der Waals surface area contributed by atoms with Gasteiger partial charge in [-0.05, 0) is 6.42 Å². The Labute approximate surface area is 117 Å². The highest BCUT2D eigenvalue weighted by atomic mass is 32.1. The lowest BCUT2D eigenvalue weighted by atomic mass is 10.2. The Bertz CT molecular complexity index is 482. The van der Waals surface area contributed by atoms with Crippen LogP contribution in [0.25, 0.3) is 0 Å². The van der Waals surface area contributed by atoms with Crippen molar-refractivity contribution in [3.8, 4) is 0 Å². The van der Waals surface area contributed by atoms with Crippen LogP contribution < -0.4 is 16.4 Å². The lowest BCUT2D eigenvalue weighted by Gasteiger charge is -2.08. The SMILES string of the molecule is CCCNc1sc(C(=O)N(C)C)c(N)c1C(=O)NC. The number of thiophene rings is 1. The molecule has 0 saturated heterocycles. The molecule has 1 aromatic heterocycles. The van der Waals surface area contributed by atoms with Gasteiger partial charge in [0, 0.05) is 27.7 Å². The Morgan fingerprint density at radius 3 is 2.47 bits per heavy atom. The minimum Gasteiger partial charge on any atom is -0.397 e.